The number of piperidine rings is 1. The van der Waals surface area contributed by atoms with Gasteiger partial charge in [0, 0.05) is 19.7 Å². The molecule has 16 heavy (non-hydrogen) atoms. The molecule has 4 heteroatoms. The van der Waals surface area contributed by atoms with E-state index in [4.69, 9.17) is 4.74 Å². The van der Waals surface area contributed by atoms with Gasteiger partial charge in [-0.05, 0) is 31.9 Å². The molecule has 1 aliphatic rings. The average molecular weight is 224 g/mol. The molecule has 2 rings (SSSR count). The molecule has 0 N–H and O–H groups in total. The topological polar surface area (TPSA) is 25.4 Å². The first kappa shape index (κ1) is 11.3. The van der Waals surface area contributed by atoms with Gasteiger partial charge in [-0.15, -0.1) is 0 Å². The number of rotatable bonds is 3. The Morgan fingerprint density at radius 1 is 1.44 bits per heavy atom. The number of anilines is 1. The van der Waals surface area contributed by atoms with Crippen LogP contribution in [0.1, 0.15) is 19.8 Å². The number of aromatic nitrogens is 1. The van der Waals surface area contributed by atoms with Crippen molar-refractivity contribution >= 4 is 5.82 Å². The van der Waals surface area contributed by atoms with Crippen LogP contribution in [0.4, 0.5) is 10.2 Å². The first-order valence-corrected chi connectivity index (χ1v) is 5.78. The minimum atomic E-state index is -0.413. The quantitative estimate of drug-likeness (QED) is 0.736. The molecule has 1 fully saturated rings. The summed E-state index contributed by atoms with van der Waals surface area (Å²) in [6, 6.07) is 4.92. The molecule has 0 saturated carbocycles. The first-order valence-electron chi connectivity index (χ1n) is 5.78. The van der Waals surface area contributed by atoms with Crippen molar-refractivity contribution in [1.29, 1.82) is 0 Å². The SMILES string of the molecule is CCOC1CCN(c2cccc(F)n2)CC1. The van der Waals surface area contributed by atoms with E-state index in [9.17, 15) is 4.39 Å². The average Bonchev–Trinajstić information content (AvgIpc) is 2.30. The van der Waals surface area contributed by atoms with E-state index in [0.29, 0.717) is 6.10 Å². The van der Waals surface area contributed by atoms with Crippen molar-refractivity contribution in [3.8, 4) is 0 Å². The molecule has 3 nitrogen and oxygen atoms in total. The van der Waals surface area contributed by atoms with Crippen LogP contribution in [-0.4, -0.2) is 30.8 Å². The smallest absolute Gasteiger partial charge is 0.214 e. The Bertz CT molecular complexity index is 338. The number of hydrogen-bond acceptors (Lipinski definition) is 3. The van der Waals surface area contributed by atoms with Gasteiger partial charge in [0.15, 0.2) is 0 Å². The molecule has 0 amide bonds. The summed E-state index contributed by atoms with van der Waals surface area (Å²) in [6.45, 7) is 4.56. The minimum Gasteiger partial charge on any atom is -0.378 e. The predicted octanol–water partition coefficient (Wildman–Crippen LogP) is 2.23. The highest BCUT2D eigenvalue weighted by Crippen LogP contribution is 2.19. The molecule has 0 unspecified atom stereocenters. The van der Waals surface area contributed by atoms with Gasteiger partial charge in [0.1, 0.15) is 5.82 Å². The van der Waals surface area contributed by atoms with Gasteiger partial charge in [-0.25, -0.2) is 4.98 Å². The second kappa shape index (κ2) is 5.25. The molecule has 0 aliphatic carbocycles. The lowest BCUT2D eigenvalue weighted by Crippen LogP contribution is -2.37. The zero-order valence-electron chi connectivity index (χ0n) is 9.53. The Kier molecular flexibility index (Phi) is 3.72. The molecule has 0 atom stereocenters. The van der Waals surface area contributed by atoms with Crippen molar-refractivity contribution in [3.05, 3.63) is 24.1 Å². The third-order valence-corrected chi connectivity index (χ3v) is 2.87. The summed E-state index contributed by atoms with van der Waals surface area (Å²) >= 11 is 0. The van der Waals surface area contributed by atoms with Crippen molar-refractivity contribution in [2.75, 3.05) is 24.6 Å². The van der Waals surface area contributed by atoms with Crippen LogP contribution in [0.25, 0.3) is 0 Å². The van der Waals surface area contributed by atoms with E-state index in [2.05, 4.69) is 9.88 Å². The lowest BCUT2D eigenvalue weighted by Gasteiger charge is -2.32. The molecule has 0 spiro atoms. The molecule has 0 aromatic carbocycles. The molecule has 1 aromatic heterocycles. The van der Waals surface area contributed by atoms with Crippen molar-refractivity contribution in [1.82, 2.24) is 4.98 Å². The van der Waals surface area contributed by atoms with Gasteiger partial charge in [0.25, 0.3) is 0 Å². The third-order valence-electron chi connectivity index (χ3n) is 2.87. The van der Waals surface area contributed by atoms with Crippen LogP contribution in [0.5, 0.6) is 0 Å². The Morgan fingerprint density at radius 3 is 2.81 bits per heavy atom. The molecule has 0 bridgehead atoms. The molecule has 88 valence electrons. The van der Waals surface area contributed by atoms with E-state index >= 15 is 0 Å². The van der Waals surface area contributed by atoms with E-state index in [1.807, 2.05) is 13.0 Å². The molecular formula is C12H17FN2O. The van der Waals surface area contributed by atoms with Crippen LogP contribution in [-0.2, 0) is 4.74 Å². The molecule has 1 aliphatic heterocycles. The molecule has 2 heterocycles. The predicted molar refractivity (Wildman–Crippen MR) is 61.1 cm³/mol. The summed E-state index contributed by atoms with van der Waals surface area (Å²) in [6.07, 6.45) is 2.34. The Morgan fingerprint density at radius 2 is 2.19 bits per heavy atom. The maximum atomic E-state index is 13.0. The zero-order chi connectivity index (χ0) is 11.4. The van der Waals surface area contributed by atoms with Crippen molar-refractivity contribution in [2.24, 2.45) is 0 Å². The first-order chi connectivity index (χ1) is 7.79. The fourth-order valence-corrected chi connectivity index (χ4v) is 2.06. The van der Waals surface area contributed by atoms with Gasteiger partial charge in [-0.2, -0.15) is 4.39 Å². The van der Waals surface area contributed by atoms with Crippen LogP contribution < -0.4 is 4.90 Å². The largest absolute Gasteiger partial charge is 0.378 e. The van der Waals surface area contributed by atoms with E-state index < -0.39 is 5.95 Å². The zero-order valence-corrected chi connectivity index (χ0v) is 9.53. The van der Waals surface area contributed by atoms with E-state index in [0.717, 1.165) is 38.4 Å². The Balaban J connectivity index is 1.94. The van der Waals surface area contributed by atoms with Crippen LogP contribution in [0.3, 0.4) is 0 Å². The van der Waals surface area contributed by atoms with Crippen LogP contribution in [0, 0.1) is 5.95 Å². The maximum Gasteiger partial charge on any atom is 0.214 e. The summed E-state index contributed by atoms with van der Waals surface area (Å²) in [4.78, 5) is 6.00. The highest BCUT2D eigenvalue weighted by molar-refractivity contribution is 5.38. The van der Waals surface area contributed by atoms with Gasteiger partial charge in [0.2, 0.25) is 5.95 Å². The second-order valence-electron chi connectivity index (χ2n) is 3.96. The number of ether oxygens (including phenoxy) is 1. The fraction of sp³-hybridized carbons (Fsp3) is 0.583. The summed E-state index contributed by atoms with van der Waals surface area (Å²) in [7, 11) is 0. The van der Waals surface area contributed by atoms with Gasteiger partial charge in [-0.1, -0.05) is 6.07 Å². The molecular weight excluding hydrogens is 207 g/mol. The van der Waals surface area contributed by atoms with Gasteiger partial charge < -0.3 is 9.64 Å². The summed E-state index contributed by atoms with van der Waals surface area (Å²) in [5, 5.41) is 0. The van der Waals surface area contributed by atoms with E-state index in [1.165, 1.54) is 6.07 Å². The number of halogens is 1. The molecule has 0 radical (unpaired) electrons. The van der Waals surface area contributed by atoms with Gasteiger partial charge in [-0.3, -0.25) is 0 Å². The van der Waals surface area contributed by atoms with Crippen molar-refractivity contribution in [2.45, 2.75) is 25.9 Å². The van der Waals surface area contributed by atoms with Crippen molar-refractivity contribution in [3.63, 3.8) is 0 Å². The van der Waals surface area contributed by atoms with Crippen LogP contribution in [0.2, 0.25) is 0 Å². The van der Waals surface area contributed by atoms with Crippen molar-refractivity contribution < 1.29 is 9.13 Å². The van der Waals surface area contributed by atoms with Gasteiger partial charge >= 0.3 is 0 Å². The minimum absolute atomic E-state index is 0.356. The van der Waals surface area contributed by atoms with Gasteiger partial charge in [0.05, 0.1) is 6.10 Å². The lowest BCUT2D eigenvalue weighted by molar-refractivity contribution is 0.0458. The number of nitrogens with zero attached hydrogens (tertiary/aromatic N) is 2. The number of pyridine rings is 1. The Labute approximate surface area is 95.2 Å². The maximum absolute atomic E-state index is 13.0. The van der Waals surface area contributed by atoms with E-state index in [-0.39, 0.29) is 0 Å². The van der Waals surface area contributed by atoms with Crippen LogP contribution >= 0.6 is 0 Å². The molecule has 1 aromatic rings. The second-order valence-corrected chi connectivity index (χ2v) is 3.96. The third kappa shape index (κ3) is 2.70. The molecule has 1 saturated heterocycles. The lowest BCUT2D eigenvalue weighted by atomic mass is 10.1. The Hall–Kier alpha value is -1.16. The monoisotopic (exact) mass is 224 g/mol. The summed E-state index contributed by atoms with van der Waals surface area (Å²) in [5.41, 5.74) is 0. The van der Waals surface area contributed by atoms with E-state index in [1.54, 1.807) is 6.07 Å². The summed E-state index contributed by atoms with van der Waals surface area (Å²) in [5.74, 6) is 0.319. The van der Waals surface area contributed by atoms with Crippen LogP contribution in [0.15, 0.2) is 18.2 Å². The highest BCUT2D eigenvalue weighted by atomic mass is 19.1. The number of hydrogen-bond donors (Lipinski definition) is 0. The highest BCUT2D eigenvalue weighted by Gasteiger charge is 2.20. The fourth-order valence-electron chi connectivity index (χ4n) is 2.06. The summed E-state index contributed by atoms with van der Waals surface area (Å²) < 4.78 is 18.5. The normalized spacial score (nSPS) is 17.8. The standard InChI is InChI=1S/C12H17FN2O/c1-2-16-10-6-8-15(9-7-10)12-5-3-4-11(13)14-12/h3-5,10H,2,6-9H2,1H3.